The van der Waals surface area contributed by atoms with Crippen molar-refractivity contribution in [3.8, 4) is 0 Å². The summed E-state index contributed by atoms with van der Waals surface area (Å²) in [5.41, 5.74) is 0.326. The van der Waals surface area contributed by atoms with E-state index in [2.05, 4.69) is 30.3 Å². The van der Waals surface area contributed by atoms with E-state index in [0.29, 0.717) is 12.8 Å². The van der Waals surface area contributed by atoms with Gasteiger partial charge in [0.25, 0.3) is 0 Å². The summed E-state index contributed by atoms with van der Waals surface area (Å²) in [6, 6.07) is 18.7. The molecule has 0 radical (unpaired) electrons. The van der Waals surface area contributed by atoms with E-state index in [1.54, 1.807) is 0 Å². The Labute approximate surface area is 189 Å². The maximum Gasteiger partial charge on any atom is 0.410 e. The quantitative estimate of drug-likeness (QED) is 0.335. The number of hydrogen-bond donors (Lipinski definition) is 0. The minimum absolute atomic E-state index is 0.0711. The van der Waals surface area contributed by atoms with Crippen LogP contribution in [-0.4, -0.2) is 34.5 Å². The molecule has 0 aliphatic carbocycles. The SMILES string of the molecule is CC(C)(C)OC(=O)N1C2CCCC1CC(C(=O)c1c3ccccc3cc3ccccc13)C2. The molecule has 0 saturated carbocycles. The molecule has 0 N–H and O–H groups in total. The smallest absolute Gasteiger partial charge is 0.410 e. The second-order valence-electron chi connectivity index (χ2n) is 10.4. The minimum atomic E-state index is -0.514. The van der Waals surface area contributed by atoms with Crippen LogP contribution in [0.4, 0.5) is 4.79 Å². The molecule has 2 aliphatic rings. The number of carbonyl (C=O) groups excluding carboxylic acids is 2. The Balaban J connectivity index is 1.50. The first-order chi connectivity index (χ1) is 15.3. The maximum absolute atomic E-state index is 14.0. The molecular weight excluding hydrogens is 398 g/mol. The van der Waals surface area contributed by atoms with Gasteiger partial charge >= 0.3 is 6.09 Å². The summed E-state index contributed by atoms with van der Waals surface area (Å²) in [5.74, 6) is 0.150. The molecule has 0 spiro atoms. The number of fused-ring (bicyclic) bond motifs is 4. The van der Waals surface area contributed by atoms with Gasteiger partial charge in [0.2, 0.25) is 0 Å². The summed E-state index contributed by atoms with van der Waals surface area (Å²) in [4.78, 5) is 28.9. The number of Topliss-reactive ketones (excluding diaryl/α,β-unsaturated/α-hetero) is 1. The Morgan fingerprint density at radius 2 is 1.41 bits per heavy atom. The zero-order valence-corrected chi connectivity index (χ0v) is 19.1. The Morgan fingerprint density at radius 1 is 0.875 bits per heavy atom. The molecule has 3 aromatic rings. The van der Waals surface area contributed by atoms with Crippen LogP contribution in [0, 0.1) is 5.92 Å². The van der Waals surface area contributed by atoms with Gasteiger partial charge in [-0.3, -0.25) is 4.79 Å². The van der Waals surface area contributed by atoms with Gasteiger partial charge in [0.15, 0.2) is 5.78 Å². The van der Waals surface area contributed by atoms with Crippen LogP contribution in [0.3, 0.4) is 0 Å². The highest BCUT2D eigenvalue weighted by Gasteiger charge is 2.44. The summed E-state index contributed by atoms with van der Waals surface area (Å²) < 4.78 is 5.71. The molecule has 2 bridgehead atoms. The molecule has 2 saturated heterocycles. The second-order valence-corrected chi connectivity index (χ2v) is 10.4. The molecule has 2 aliphatic heterocycles. The predicted molar refractivity (Wildman–Crippen MR) is 128 cm³/mol. The minimum Gasteiger partial charge on any atom is -0.444 e. The first-order valence-corrected chi connectivity index (χ1v) is 11.8. The fourth-order valence-electron chi connectivity index (χ4n) is 5.69. The third-order valence-electron chi connectivity index (χ3n) is 6.97. The van der Waals surface area contributed by atoms with Gasteiger partial charge < -0.3 is 9.64 Å². The van der Waals surface area contributed by atoms with Gasteiger partial charge in [-0.15, -0.1) is 0 Å². The Hall–Kier alpha value is -2.88. The second kappa shape index (κ2) is 7.91. The largest absolute Gasteiger partial charge is 0.444 e. The number of hydrogen-bond acceptors (Lipinski definition) is 3. The molecule has 4 nitrogen and oxygen atoms in total. The van der Waals surface area contributed by atoms with Gasteiger partial charge in [-0.25, -0.2) is 4.79 Å². The first-order valence-electron chi connectivity index (χ1n) is 11.8. The summed E-state index contributed by atoms with van der Waals surface area (Å²) in [7, 11) is 0. The van der Waals surface area contributed by atoms with Crippen LogP contribution in [0.2, 0.25) is 0 Å². The van der Waals surface area contributed by atoms with Crippen molar-refractivity contribution in [2.45, 2.75) is 70.6 Å². The highest BCUT2D eigenvalue weighted by atomic mass is 16.6. The standard InChI is InChI=1S/C28H31NO3/c1-28(2,3)32-27(31)29-21-11-8-12-22(29)17-20(16-21)26(30)25-23-13-6-4-9-18(23)15-19-10-5-7-14-24(19)25/h4-7,9-10,13-15,20-22H,8,11-12,16-17H2,1-3H3. The van der Waals surface area contributed by atoms with E-state index in [9.17, 15) is 9.59 Å². The van der Waals surface area contributed by atoms with E-state index in [1.165, 1.54) is 0 Å². The van der Waals surface area contributed by atoms with Crippen molar-refractivity contribution in [1.29, 1.82) is 0 Å². The van der Waals surface area contributed by atoms with Crippen LogP contribution >= 0.6 is 0 Å². The number of rotatable bonds is 2. The van der Waals surface area contributed by atoms with Crippen LogP contribution in [0.25, 0.3) is 21.5 Å². The molecule has 166 valence electrons. The molecule has 2 heterocycles. The lowest BCUT2D eigenvalue weighted by Crippen LogP contribution is -2.56. The van der Waals surface area contributed by atoms with Gasteiger partial charge in [-0.05, 0) is 80.5 Å². The van der Waals surface area contributed by atoms with E-state index in [4.69, 9.17) is 4.74 Å². The Bertz CT molecular complexity index is 1120. The average molecular weight is 430 g/mol. The van der Waals surface area contributed by atoms with E-state index >= 15 is 0 Å². The number of ether oxygens (including phenoxy) is 1. The number of amides is 1. The highest BCUT2D eigenvalue weighted by molar-refractivity contribution is 6.19. The molecule has 2 fully saturated rings. The molecule has 1 amide bonds. The van der Waals surface area contributed by atoms with Crippen molar-refractivity contribution in [2.75, 3.05) is 0 Å². The van der Waals surface area contributed by atoms with Crippen LogP contribution in [0.1, 0.15) is 63.2 Å². The Morgan fingerprint density at radius 3 is 1.94 bits per heavy atom. The van der Waals surface area contributed by atoms with Crippen LogP contribution in [0.15, 0.2) is 54.6 Å². The summed E-state index contributed by atoms with van der Waals surface area (Å²) >= 11 is 0. The molecule has 0 aromatic heterocycles. The summed E-state index contributed by atoms with van der Waals surface area (Å²) in [6.45, 7) is 5.72. The first kappa shape index (κ1) is 21.0. The summed E-state index contributed by atoms with van der Waals surface area (Å²) in [6.07, 6.45) is 4.19. The lowest BCUT2D eigenvalue weighted by Gasteiger charge is -2.48. The third-order valence-corrected chi connectivity index (χ3v) is 6.97. The molecule has 4 heteroatoms. The number of benzene rings is 3. The van der Waals surface area contributed by atoms with Crippen molar-refractivity contribution in [1.82, 2.24) is 4.90 Å². The van der Waals surface area contributed by atoms with Crippen molar-refractivity contribution in [3.05, 3.63) is 60.2 Å². The number of nitrogens with zero attached hydrogens (tertiary/aromatic N) is 1. The van der Waals surface area contributed by atoms with Crippen molar-refractivity contribution < 1.29 is 14.3 Å². The van der Waals surface area contributed by atoms with E-state index < -0.39 is 5.60 Å². The monoisotopic (exact) mass is 429 g/mol. The van der Waals surface area contributed by atoms with Crippen molar-refractivity contribution in [2.24, 2.45) is 5.92 Å². The van der Waals surface area contributed by atoms with Gasteiger partial charge in [0.05, 0.1) is 0 Å². The Kier molecular flexibility index (Phi) is 5.19. The van der Waals surface area contributed by atoms with Gasteiger partial charge in [0.1, 0.15) is 5.60 Å². The zero-order chi connectivity index (χ0) is 22.5. The van der Waals surface area contributed by atoms with Crippen LogP contribution in [0.5, 0.6) is 0 Å². The topological polar surface area (TPSA) is 46.6 Å². The zero-order valence-electron chi connectivity index (χ0n) is 19.1. The predicted octanol–water partition coefficient (Wildman–Crippen LogP) is 6.74. The lowest BCUT2D eigenvalue weighted by molar-refractivity contribution is -0.0260. The lowest BCUT2D eigenvalue weighted by atomic mass is 9.75. The fourth-order valence-corrected chi connectivity index (χ4v) is 5.69. The van der Waals surface area contributed by atoms with Gasteiger partial charge in [0, 0.05) is 23.6 Å². The third kappa shape index (κ3) is 3.76. The number of piperidine rings is 2. The van der Waals surface area contributed by atoms with Gasteiger partial charge in [-0.1, -0.05) is 48.5 Å². The normalized spacial score (nSPS) is 23.3. The van der Waals surface area contributed by atoms with Crippen molar-refractivity contribution in [3.63, 3.8) is 0 Å². The number of carbonyl (C=O) groups is 2. The van der Waals surface area contributed by atoms with E-state index in [0.717, 1.165) is 46.4 Å². The van der Waals surface area contributed by atoms with Crippen LogP contribution < -0.4 is 0 Å². The molecular formula is C28H31NO3. The van der Waals surface area contributed by atoms with Gasteiger partial charge in [-0.2, -0.15) is 0 Å². The average Bonchev–Trinajstić information content (AvgIpc) is 2.74. The summed E-state index contributed by atoms with van der Waals surface area (Å²) in [5, 5.41) is 4.24. The number of ketones is 1. The molecule has 2 unspecified atom stereocenters. The fraction of sp³-hybridized carbons (Fsp3) is 0.429. The molecule has 5 rings (SSSR count). The highest BCUT2D eigenvalue weighted by Crippen LogP contribution is 2.41. The van der Waals surface area contributed by atoms with E-state index in [1.807, 2.05) is 49.9 Å². The molecule has 3 aromatic carbocycles. The van der Waals surface area contributed by atoms with E-state index in [-0.39, 0.29) is 29.9 Å². The van der Waals surface area contributed by atoms with Crippen LogP contribution in [-0.2, 0) is 4.74 Å². The molecule has 32 heavy (non-hydrogen) atoms. The molecule has 2 atom stereocenters. The van der Waals surface area contributed by atoms with Crippen molar-refractivity contribution >= 4 is 33.4 Å². The maximum atomic E-state index is 14.0.